The largest absolute Gasteiger partial charge is 0.481 e. The molecule has 2 unspecified atom stereocenters. The van der Waals surface area contributed by atoms with Gasteiger partial charge in [0.05, 0.1) is 18.4 Å². The molecule has 1 aliphatic carbocycles. The lowest BCUT2D eigenvalue weighted by Crippen LogP contribution is -2.39. The zero-order chi connectivity index (χ0) is 24.1. The fraction of sp³-hybridized carbons (Fsp3) is 0.269. The van der Waals surface area contributed by atoms with Gasteiger partial charge in [0.1, 0.15) is 6.61 Å². The molecule has 34 heavy (non-hydrogen) atoms. The highest BCUT2D eigenvalue weighted by Gasteiger charge is 2.29. The number of hydrogen-bond acceptors (Lipinski definition) is 5. The topological polar surface area (TPSA) is 105 Å². The lowest BCUT2D eigenvalue weighted by atomic mass is 9.98. The van der Waals surface area contributed by atoms with Gasteiger partial charge in [0, 0.05) is 17.3 Å². The monoisotopic (exact) mass is 478 g/mol. The van der Waals surface area contributed by atoms with Gasteiger partial charge in [-0.25, -0.2) is 4.79 Å². The lowest BCUT2D eigenvalue weighted by molar-refractivity contribution is -0.137. The Labute approximate surface area is 201 Å². The fourth-order valence-electron chi connectivity index (χ4n) is 4.18. The number of nitrogens with one attached hydrogen (secondary N) is 2. The van der Waals surface area contributed by atoms with Gasteiger partial charge in [0.2, 0.25) is 5.91 Å². The number of hydrogen-bond donors (Lipinski definition) is 3. The zero-order valence-corrected chi connectivity index (χ0v) is 19.5. The molecule has 8 heteroatoms. The van der Waals surface area contributed by atoms with Crippen LogP contribution in [0.1, 0.15) is 41.3 Å². The molecule has 0 fully saturated rings. The zero-order valence-electron chi connectivity index (χ0n) is 18.7. The summed E-state index contributed by atoms with van der Waals surface area (Å²) in [6.07, 6.45) is -0.805. The van der Waals surface area contributed by atoms with Gasteiger partial charge in [-0.05, 0) is 33.7 Å². The molecule has 1 aliphatic rings. The first kappa shape index (κ1) is 23.5. The first-order valence-corrected chi connectivity index (χ1v) is 12.0. The van der Waals surface area contributed by atoms with Crippen molar-refractivity contribution in [2.45, 2.75) is 25.3 Å². The molecule has 0 saturated heterocycles. The fourth-order valence-corrected chi connectivity index (χ4v) is 4.96. The predicted molar refractivity (Wildman–Crippen MR) is 130 cm³/mol. The standard InChI is InChI=1S/C26H26N2O5S/c1-16(25(31)28-22(13-24(29)30)23-11-6-12-34-23)14-27-26(32)33-15-21-19-9-4-2-7-17(19)18-8-3-5-10-20(18)21/h2-12,16,21-22H,13-15H2,1H3,(H,27,32)(H,28,31)(H,29,30). The number of alkyl carbamates (subject to hydrolysis) is 1. The van der Waals surface area contributed by atoms with E-state index in [0.29, 0.717) is 0 Å². The summed E-state index contributed by atoms with van der Waals surface area (Å²) in [5.41, 5.74) is 4.56. The van der Waals surface area contributed by atoms with Crippen molar-refractivity contribution in [1.29, 1.82) is 0 Å². The molecule has 3 N–H and O–H groups in total. The van der Waals surface area contributed by atoms with Gasteiger partial charge in [-0.1, -0.05) is 61.5 Å². The molecule has 4 rings (SSSR count). The molecule has 2 atom stereocenters. The first-order chi connectivity index (χ1) is 16.4. The van der Waals surface area contributed by atoms with Crippen LogP contribution < -0.4 is 10.6 Å². The van der Waals surface area contributed by atoms with Gasteiger partial charge in [-0.3, -0.25) is 9.59 Å². The summed E-state index contributed by atoms with van der Waals surface area (Å²) in [5, 5.41) is 16.4. The molecule has 0 saturated carbocycles. The number of ether oxygens (including phenoxy) is 1. The normalized spacial score (nSPS) is 13.9. The second-order valence-electron chi connectivity index (χ2n) is 8.28. The number of aliphatic carboxylic acids is 1. The SMILES string of the molecule is CC(CNC(=O)OCC1c2ccccc2-c2ccccc21)C(=O)NC(CC(=O)O)c1cccs1. The minimum atomic E-state index is -0.997. The highest BCUT2D eigenvalue weighted by molar-refractivity contribution is 7.10. The Morgan fingerprint density at radius 1 is 1.00 bits per heavy atom. The van der Waals surface area contributed by atoms with Crippen molar-refractivity contribution in [3.05, 3.63) is 82.0 Å². The number of carboxylic acid groups (broad SMARTS) is 1. The van der Waals surface area contributed by atoms with Crippen molar-refractivity contribution < 1.29 is 24.2 Å². The molecule has 1 heterocycles. The van der Waals surface area contributed by atoms with Crippen LogP contribution in [0.15, 0.2) is 66.0 Å². The van der Waals surface area contributed by atoms with Gasteiger partial charge in [0.15, 0.2) is 0 Å². The van der Waals surface area contributed by atoms with Crippen LogP contribution in [0.2, 0.25) is 0 Å². The highest BCUT2D eigenvalue weighted by atomic mass is 32.1. The number of thiophene rings is 1. The predicted octanol–water partition coefficient (Wildman–Crippen LogP) is 4.55. The van der Waals surface area contributed by atoms with Gasteiger partial charge >= 0.3 is 12.1 Å². The Morgan fingerprint density at radius 2 is 1.65 bits per heavy atom. The van der Waals surface area contributed by atoms with Crippen LogP contribution in [0.25, 0.3) is 11.1 Å². The molecule has 7 nitrogen and oxygen atoms in total. The van der Waals surface area contributed by atoms with Crippen molar-refractivity contribution in [3.63, 3.8) is 0 Å². The van der Waals surface area contributed by atoms with E-state index in [9.17, 15) is 14.4 Å². The molecule has 3 aromatic rings. The molecule has 0 bridgehead atoms. The summed E-state index contributed by atoms with van der Waals surface area (Å²) in [7, 11) is 0. The quantitative estimate of drug-likeness (QED) is 0.418. The smallest absolute Gasteiger partial charge is 0.407 e. The van der Waals surface area contributed by atoms with E-state index in [1.54, 1.807) is 13.0 Å². The van der Waals surface area contributed by atoms with Gasteiger partial charge in [-0.2, -0.15) is 0 Å². The van der Waals surface area contributed by atoms with Crippen molar-refractivity contribution >= 4 is 29.3 Å². The van der Waals surface area contributed by atoms with E-state index in [4.69, 9.17) is 9.84 Å². The van der Waals surface area contributed by atoms with Crippen molar-refractivity contribution in [2.75, 3.05) is 13.2 Å². The average Bonchev–Trinajstić information content (AvgIpc) is 3.47. The summed E-state index contributed by atoms with van der Waals surface area (Å²) in [5.74, 6) is -1.93. The van der Waals surface area contributed by atoms with Crippen molar-refractivity contribution in [1.82, 2.24) is 10.6 Å². The summed E-state index contributed by atoms with van der Waals surface area (Å²) < 4.78 is 5.50. The second kappa shape index (κ2) is 10.5. The minimum Gasteiger partial charge on any atom is -0.481 e. The van der Waals surface area contributed by atoms with Gasteiger partial charge in [0.25, 0.3) is 0 Å². The molecule has 0 radical (unpaired) electrons. The van der Waals surface area contributed by atoms with Crippen LogP contribution in [0.4, 0.5) is 4.79 Å². The van der Waals surface area contributed by atoms with E-state index in [1.807, 2.05) is 35.7 Å². The summed E-state index contributed by atoms with van der Waals surface area (Å²) in [4.78, 5) is 36.9. The maximum Gasteiger partial charge on any atom is 0.407 e. The van der Waals surface area contributed by atoms with Crippen molar-refractivity contribution in [3.8, 4) is 11.1 Å². The van der Waals surface area contributed by atoms with E-state index < -0.39 is 24.0 Å². The maximum absolute atomic E-state index is 12.6. The van der Waals surface area contributed by atoms with Crippen LogP contribution in [0.5, 0.6) is 0 Å². The Balaban J connectivity index is 1.29. The third-order valence-corrected chi connectivity index (χ3v) is 6.91. The molecule has 0 aliphatic heterocycles. The molecule has 2 amide bonds. The van der Waals surface area contributed by atoms with Gasteiger partial charge < -0.3 is 20.5 Å². The molecule has 176 valence electrons. The third-order valence-electron chi connectivity index (χ3n) is 5.93. The minimum absolute atomic E-state index is 0.0403. The molecule has 0 spiro atoms. The van der Waals surface area contributed by atoms with Crippen LogP contribution in [0.3, 0.4) is 0 Å². The van der Waals surface area contributed by atoms with Gasteiger partial charge in [-0.15, -0.1) is 11.3 Å². The van der Waals surface area contributed by atoms with Crippen LogP contribution in [-0.4, -0.2) is 36.2 Å². The number of amides is 2. The number of fused-ring (bicyclic) bond motifs is 3. The number of rotatable bonds is 9. The lowest BCUT2D eigenvalue weighted by Gasteiger charge is -2.19. The van der Waals surface area contributed by atoms with E-state index in [1.165, 1.54) is 11.3 Å². The van der Waals surface area contributed by atoms with Crippen LogP contribution in [-0.2, 0) is 14.3 Å². The van der Waals surface area contributed by atoms with Crippen LogP contribution >= 0.6 is 11.3 Å². The first-order valence-electron chi connectivity index (χ1n) is 11.1. The number of carboxylic acids is 1. The van der Waals surface area contributed by atoms with Crippen LogP contribution in [0, 0.1) is 5.92 Å². The number of benzene rings is 2. The van der Waals surface area contributed by atoms with Crippen molar-refractivity contribution in [2.24, 2.45) is 5.92 Å². The second-order valence-corrected chi connectivity index (χ2v) is 9.26. The Hall–Kier alpha value is -3.65. The average molecular weight is 479 g/mol. The Morgan fingerprint density at radius 3 is 2.24 bits per heavy atom. The molecular formula is C26H26N2O5S. The van der Waals surface area contributed by atoms with E-state index >= 15 is 0 Å². The van der Waals surface area contributed by atoms with E-state index in [-0.39, 0.29) is 31.4 Å². The highest BCUT2D eigenvalue weighted by Crippen LogP contribution is 2.44. The van der Waals surface area contributed by atoms with E-state index in [0.717, 1.165) is 27.1 Å². The number of carbonyl (C=O) groups excluding carboxylic acids is 2. The summed E-state index contributed by atoms with van der Waals surface area (Å²) in [6.45, 7) is 1.94. The maximum atomic E-state index is 12.6. The molecular weight excluding hydrogens is 452 g/mol. The van der Waals surface area contributed by atoms with E-state index in [2.05, 4.69) is 34.9 Å². The Kier molecular flexibility index (Phi) is 7.27. The Bertz CT molecular complexity index is 1130. The summed E-state index contributed by atoms with van der Waals surface area (Å²) >= 11 is 1.39. The molecule has 2 aromatic carbocycles. The third kappa shape index (κ3) is 5.28. The molecule has 1 aromatic heterocycles. The number of carbonyl (C=O) groups is 3. The summed E-state index contributed by atoms with van der Waals surface area (Å²) in [6, 6.07) is 19.2.